The lowest BCUT2D eigenvalue weighted by atomic mass is 9.92. The minimum absolute atomic E-state index is 0.00562. The average molecular weight is 543 g/mol. The number of nitrogens with zero attached hydrogens (tertiary/aromatic N) is 6. The van der Waals surface area contributed by atoms with Crippen molar-refractivity contribution in [2.24, 2.45) is 5.92 Å². The predicted molar refractivity (Wildman–Crippen MR) is 142 cm³/mol. The zero-order valence-corrected chi connectivity index (χ0v) is 23.1. The lowest BCUT2D eigenvalue weighted by Crippen LogP contribution is -2.38. The molecule has 12 heteroatoms. The molecule has 4 aromatic rings. The number of aromatic nitrogens is 5. The first kappa shape index (κ1) is 25.5. The summed E-state index contributed by atoms with van der Waals surface area (Å²) in [5.74, 6) is 1.36. The number of pyridine rings is 2. The second kappa shape index (κ2) is 9.97. The van der Waals surface area contributed by atoms with E-state index >= 15 is 0 Å². The average Bonchev–Trinajstić information content (AvgIpc) is 3.50. The number of anilines is 1. The van der Waals surface area contributed by atoms with Gasteiger partial charge in [-0.05, 0) is 56.9 Å². The number of thiazole rings is 1. The first-order valence-corrected chi connectivity index (χ1v) is 15.0. The van der Waals surface area contributed by atoms with Gasteiger partial charge < -0.3 is 14.2 Å². The van der Waals surface area contributed by atoms with Crippen molar-refractivity contribution in [3.05, 3.63) is 35.8 Å². The van der Waals surface area contributed by atoms with Gasteiger partial charge in [-0.1, -0.05) is 30.3 Å². The van der Waals surface area contributed by atoms with E-state index in [1.54, 1.807) is 13.0 Å². The second-order valence-corrected chi connectivity index (χ2v) is 12.7. The van der Waals surface area contributed by atoms with Gasteiger partial charge in [-0.25, -0.2) is 23.4 Å². The van der Waals surface area contributed by atoms with Crippen LogP contribution in [-0.4, -0.2) is 59.0 Å². The number of hydrogen-bond donors (Lipinski definition) is 0. The Morgan fingerprint density at radius 1 is 1.05 bits per heavy atom. The molecule has 0 aliphatic carbocycles. The van der Waals surface area contributed by atoms with Crippen molar-refractivity contribution in [3.63, 3.8) is 0 Å². The van der Waals surface area contributed by atoms with Crippen molar-refractivity contribution in [1.29, 1.82) is 0 Å². The smallest absolute Gasteiger partial charge is 0.324 e. The van der Waals surface area contributed by atoms with Gasteiger partial charge in [-0.2, -0.15) is 4.98 Å². The van der Waals surface area contributed by atoms with E-state index in [9.17, 15) is 8.42 Å². The van der Waals surface area contributed by atoms with Gasteiger partial charge in [0.05, 0.1) is 5.69 Å². The van der Waals surface area contributed by atoms with Crippen LogP contribution >= 0.6 is 11.3 Å². The van der Waals surface area contributed by atoms with Crippen LogP contribution in [0.2, 0.25) is 0 Å². The molecule has 0 bridgehead atoms. The van der Waals surface area contributed by atoms with Crippen molar-refractivity contribution in [1.82, 2.24) is 25.1 Å². The monoisotopic (exact) mass is 542 g/mol. The molecule has 196 valence electrons. The number of ether oxygens (including phenoxy) is 1. The van der Waals surface area contributed by atoms with Gasteiger partial charge >= 0.3 is 6.01 Å². The molecule has 5 heterocycles. The third-order valence-corrected chi connectivity index (χ3v) is 8.50. The SMILES string of the molecule is Cc1nc(S(C)(=O)=O)ccc1-c1ccc2nc(O[C@H](C)C3CCN(c4nc(C(C)C)no4)CC3)sc2n1. The molecule has 0 radical (unpaired) electrons. The maximum absolute atomic E-state index is 11.8. The number of sulfone groups is 1. The lowest BCUT2D eigenvalue weighted by Gasteiger charge is -2.33. The summed E-state index contributed by atoms with van der Waals surface area (Å²) in [6.45, 7) is 9.66. The second-order valence-electron chi connectivity index (χ2n) is 9.79. The van der Waals surface area contributed by atoms with Gasteiger partial charge in [0.25, 0.3) is 5.19 Å². The molecule has 10 nitrogen and oxygen atoms in total. The molecule has 1 atom stereocenters. The molecule has 0 spiro atoms. The molecule has 1 aliphatic rings. The van der Waals surface area contributed by atoms with Gasteiger partial charge in [0.15, 0.2) is 20.7 Å². The standard InChI is InChI=1S/C25H30N6O4S2/c1-14(2)22-29-24(35-30-22)31-12-10-17(11-13-31)16(4)34-25-28-20-8-7-19(27-23(20)36-25)18-6-9-21(26-15(18)3)37(5,32)33/h6-9,14,16-17H,10-13H2,1-5H3/t16-/m1/s1. The van der Waals surface area contributed by atoms with Gasteiger partial charge in [0, 0.05) is 36.5 Å². The largest absolute Gasteiger partial charge is 0.467 e. The topological polar surface area (TPSA) is 124 Å². The Kier molecular flexibility index (Phi) is 6.88. The summed E-state index contributed by atoms with van der Waals surface area (Å²) in [5.41, 5.74) is 2.88. The zero-order valence-electron chi connectivity index (χ0n) is 21.5. The maximum Gasteiger partial charge on any atom is 0.324 e. The van der Waals surface area contributed by atoms with Gasteiger partial charge in [-0.3, -0.25) is 0 Å². The molecular formula is C25H30N6O4S2. The molecule has 1 aliphatic heterocycles. The van der Waals surface area contributed by atoms with Crippen molar-refractivity contribution in [2.45, 2.75) is 57.6 Å². The number of hydrogen-bond acceptors (Lipinski definition) is 11. The van der Waals surface area contributed by atoms with E-state index in [0.29, 0.717) is 22.8 Å². The van der Waals surface area contributed by atoms with Crippen LogP contribution in [0.15, 0.2) is 33.8 Å². The highest BCUT2D eigenvalue weighted by Gasteiger charge is 2.28. The fraction of sp³-hybridized carbons (Fsp3) is 0.480. The Labute approximate surface area is 220 Å². The third-order valence-electron chi connectivity index (χ3n) is 6.66. The maximum atomic E-state index is 11.8. The van der Waals surface area contributed by atoms with Gasteiger partial charge in [-0.15, -0.1) is 0 Å². The summed E-state index contributed by atoms with van der Waals surface area (Å²) in [6, 6.07) is 7.64. The first-order valence-electron chi connectivity index (χ1n) is 12.3. The number of fused-ring (bicyclic) bond motifs is 1. The van der Waals surface area contributed by atoms with Crippen LogP contribution in [0.1, 0.15) is 51.0 Å². The molecule has 0 N–H and O–H groups in total. The fourth-order valence-electron chi connectivity index (χ4n) is 4.42. The highest BCUT2D eigenvalue weighted by molar-refractivity contribution is 7.90. The Morgan fingerprint density at radius 2 is 1.81 bits per heavy atom. The summed E-state index contributed by atoms with van der Waals surface area (Å²) in [5, 5.41) is 4.72. The van der Waals surface area contributed by atoms with Crippen LogP contribution in [0.5, 0.6) is 5.19 Å². The van der Waals surface area contributed by atoms with Crippen molar-refractivity contribution < 1.29 is 17.7 Å². The summed E-state index contributed by atoms with van der Waals surface area (Å²) in [7, 11) is -3.37. The normalized spacial score (nSPS) is 16.0. The Morgan fingerprint density at radius 3 is 2.46 bits per heavy atom. The Hall–Kier alpha value is -3.12. The summed E-state index contributed by atoms with van der Waals surface area (Å²) >= 11 is 1.41. The molecule has 0 amide bonds. The minimum atomic E-state index is -3.37. The highest BCUT2D eigenvalue weighted by atomic mass is 32.2. The van der Waals surface area contributed by atoms with E-state index in [-0.39, 0.29) is 17.0 Å². The molecule has 4 aromatic heterocycles. The third kappa shape index (κ3) is 5.45. The van der Waals surface area contributed by atoms with Crippen molar-refractivity contribution >= 4 is 37.5 Å². The zero-order chi connectivity index (χ0) is 26.3. The molecule has 1 saturated heterocycles. The van der Waals surface area contributed by atoms with Crippen LogP contribution in [0.25, 0.3) is 21.6 Å². The molecule has 0 saturated carbocycles. The molecule has 37 heavy (non-hydrogen) atoms. The Bertz CT molecular complexity index is 1520. The summed E-state index contributed by atoms with van der Waals surface area (Å²) < 4.78 is 35.3. The first-order chi connectivity index (χ1) is 17.6. The van der Waals surface area contributed by atoms with Crippen LogP contribution in [0.3, 0.4) is 0 Å². The summed E-state index contributed by atoms with van der Waals surface area (Å²) in [6.07, 6.45) is 3.08. The van der Waals surface area contributed by atoms with Gasteiger partial charge in [0.2, 0.25) is 0 Å². The van der Waals surface area contributed by atoms with Crippen LogP contribution in [0.4, 0.5) is 6.01 Å². The molecule has 5 rings (SSSR count). The number of piperidine rings is 1. The van der Waals surface area contributed by atoms with E-state index in [1.165, 1.54) is 17.4 Å². The van der Waals surface area contributed by atoms with Crippen LogP contribution in [-0.2, 0) is 9.84 Å². The molecule has 0 aromatic carbocycles. The quantitative estimate of drug-likeness (QED) is 0.326. The van der Waals surface area contributed by atoms with Crippen molar-refractivity contribution in [2.75, 3.05) is 24.2 Å². The molecule has 0 unspecified atom stereocenters. The van der Waals surface area contributed by atoms with E-state index < -0.39 is 9.84 Å². The van der Waals surface area contributed by atoms with E-state index in [2.05, 4.69) is 45.8 Å². The van der Waals surface area contributed by atoms with Gasteiger partial charge in [0.1, 0.15) is 16.5 Å². The van der Waals surface area contributed by atoms with Crippen molar-refractivity contribution in [3.8, 4) is 16.5 Å². The molecular weight excluding hydrogens is 512 g/mol. The molecule has 1 fully saturated rings. The highest BCUT2D eigenvalue weighted by Crippen LogP contribution is 2.33. The fourth-order valence-corrected chi connectivity index (χ4v) is 5.91. The minimum Gasteiger partial charge on any atom is -0.467 e. The van der Waals surface area contributed by atoms with E-state index in [4.69, 9.17) is 14.2 Å². The van der Waals surface area contributed by atoms with Crippen LogP contribution in [0, 0.1) is 12.8 Å². The lowest BCUT2D eigenvalue weighted by molar-refractivity contribution is 0.131. The number of rotatable bonds is 7. The Balaban J connectivity index is 1.25. The number of aryl methyl sites for hydroxylation is 1. The van der Waals surface area contributed by atoms with E-state index in [0.717, 1.165) is 59.6 Å². The van der Waals surface area contributed by atoms with Crippen LogP contribution < -0.4 is 9.64 Å². The predicted octanol–water partition coefficient (Wildman–Crippen LogP) is 4.66. The summed E-state index contributed by atoms with van der Waals surface area (Å²) in [4.78, 5) is 21.1. The van der Waals surface area contributed by atoms with E-state index in [1.807, 2.05) is 12.1 Å².